The van der Waals surface area contributed by atoms with Crippen LogP contribution in [-0.4, -0.2) is 17.9 Å². The van der Waals surface area contributed by atoms with Crippen molar-refractivity contribution in [2.24, 2.45) is 11.3 Å². The minimum Gasteiger partial charge on any atom is -0.303 e. The second kappa shape index (κ2) is 9.84. The largest absolute Gasteiger partial charge is 0.303 e. The van der Waals surface area contributed by atoms with E-state index >= 15 is 0 Å². The van der Waals surface area contributed by atoms with Crippen LogP contribution in [0.2, 0.25) is 0 Å². The Morgan fingerprint density at radius 3 is 2.05 bits per heavy atom. The van der Waals surface area contributed by atoms with Crippen LogP contribution in [0.15, 0.2) is 0 Å². The number of rotatable bonds is 11. The SMILES string of the molecule is CC(C=O)CCCC(=O)CCCCCC(=O)C(C)(C)C. The molecule has 0 amide bonds. The third-order valence-electron chi connectivity index (χ3n) is 3.54. The van der Waals surface area contributed by atoms with Crippen LogP contribution in [0.25, 0.3) is 0 Å². The van der Waals surface area contributed by atoms with Gasteiger partial charge in [0.1, 0.15) is 17.9 Å². The standard InChI is InChI=1S/C17H30O3/c1-14(13-18)9-8-11-15(19)10-6-5-7-12-16(20)17(2,3)4/h13-14H,5-12H2,1-4H3. The van der Waals surface area contributed by atoms with Gasteiger partial charge in [0.15, 0.2) is 0 Å². The van der Waals surface area contributed by atoms with Gasteiger partial charge in [-0.05, 0) is 25.7 Å². The molecule has 0 radical (unpaired) electrons. The molecular formula is C17H30O3. The van der Waals surface area contributed by atoms with Crippen LogP contribution in [0, 0.1) is 11.3 Å². The van der Waals surface area contributed by atoms with Crippen molar-refractivity contribution in [3.8, 4) is 0 Å². The van der Waals surface area contributed by atoms with Gasteiger partial charge >= 0.3 is 0 Å². The summed E-state index contributed by atoms with van der Waals surface area (Å²) in [4.78, 5) is 33.8. The second-order valence-electron chi connectivity index (χ2n) is 6.78. The maximum Gasteiger partial charge on any atom is 0.138 e. The predicted octanol–water partition coefficient (Wildman–Crippen LogP) is 4.13. The van der Waals surface area contributed by atoms with Crippen molar-refractivity contribution in [3.63, 3.8) is 0 Å². The lowest BCUT2D eigenvalue weighted by Gasteiger charge is -2.16. The Morgan fingerprint density at radius 2 is 1.50 bits per heavy atom. The zero-order valence-electron chi connectivity index (χ0n) is 13.5. The van der Waals surface area contributed by atoms with E-state index in [2.05, 4.69) is 0 Å². The number of hydrogen-bond acceptors (Lipinski definition) is 3. The first-order chi connectivity index (χ1) is 9.27. The van der Waals surface area contributed by atoms with Crippen LogP contribution in [0.4, 0.5) is 0 Å². The van der Waals surface area contributed by atoms with Gasteiger partial charge in [-0.15, -0.1) is 0 Å². The molecule has 0 aliphatic heterocycles. The van der Waals surface area contributed by atoms with Crippen LogP contribution in [0.1, 0.15) is 79.1 Å². The van der Waals surface area contributed by atoms with Crippen molar-refractivity contribution in [3.05, 3.63) is 0 Å². The highest BCUT2D eigenvalue weighted by molar-refractivity contribution is 5.83. The van der Waals surface area contributed by atoms with Crippen LogP contribution >= 0.6 is 0 Å². The molecule has 116 valence electrons. The first kappa shape index (κ1) is 19.0. The minimum absolute atomic E-state index is 0.0613. The lowest BCUT2D eigenvalue weighted by molar-refractivity contribution is -0.126. The van der Waals surface area contributed by atoms with Crippen molar-refractivity contribution in [2.75, 3.05) is 0 Å². The summed E-state index contributed by atoms with van der Waals surface area (Å²) < 4.78 is 0. The van der Waals surface area contributed by atoms with Gasteiger partial charge in [-0.3, -0.25) is 9.59 Å². The Hall–Kier alpha value is -0.990. The molecule has 0 heterocycles. The van der Waals surface area contributed by atoms with E-state index in [1.54, 1.807) is 0 Å². The van der Waals surface area contributed by atoms with Gasteiger partial charge in [0.05, 0.1) is 0 Å². The number of carbonyl (C=O) groups is 3. The smallest absolute Gasteiger partial charge is 0.138 e. The monoisotopic (exact) mass is 282 g/mol. The second-order valence-corrected chi connectivity index (χ2v) is 6.78. The Labute approximate surface area is 123 Å². The molecule has 0 rings (SSSR count). The summed E-state index contributed by atoms with van der Waals surface area (Å²) in [6, 6.07) is 0. The normalized spacial score (nSPS) is 13.0. The quantitative estimate of drug-likeness (QED) is 0.423. The highest BCUT2D eigenvalue weighted by Gasteiger charge is 2.19. The molecule has 3 heteroatoms. The van der Waals surface area contributed by atoms with E-state index in [1.165, 1.54) is 0 Å². The van der Waals surface area contributed by atoms with Gasteiger partial charge in [-0.25, -0.2) is 0 Å². The average Bonchev–Trinajstić information content (AvgIpc) is 2.36. The number of hydrogen-bond donors (Lipinski definition) is 0. The summed E-state index contributed by atoms with van der Waals surface area (Å²) in [5.74, 6) is 0.642. The summed E-state index contributed by atoms with van der Waals surface area (Å²) in [6.07, 6.45) is 7.06. The van der Waals surface area contributed by atoms with E-state index in [1.807, 2.05) is 27.7 Å². The first-order valence-corrected chi connectivity index (χ1v) is 7.77. The fourth-order valence-corrected chi connectivity index (χ4v) is 1.97. The van der Waals surface area contributed by atoms with Crippen molar-refractivity contribution < 1.29 is 14.4 Å². The maximum atomic E-state index is 11.7. The van der Waals surface area contributed by atoms with E-state index in [-0.39, 0.29) is 17.1 Å². The van der Waals surface area contributed by atoms with Gasteiger partial charge < -0.3 is 4.79 Å². The molecule has 0 fully saturated rings. The molecule has 0 N–H and O–H groups in total. The molecule has 3 nitrogen and oxygen atoms in total. The van der Waals surface area contributed by atoms with Gasteiger partial charge in [-0.2, -0.15) is 0 Å². The summed E-state index contributed by atoms with van der Waals surface area (Å²) in [6.45, 7) is 7.71. The summed E-state index contributed by atoms with van der Waals surface area (Å²) in [5.41, 5.74) is -0.245. The molecule has 20 heavy (non-hydrogen) atoms. The topological polar surface area (TPSA) is 51.2 Å². The van der Waals surface area contributed by atoms with Gasteiger partial charge in [0, 0.05) is 30.6 Å². The fraction of sp³-hybridized carbons (Fsp3) is 0.824. The fourth-order valence-electron chi connectivity index (χ4n) is 1.97. The number of aldehydes is 1. The molecular weight excluding hydrogens is 252 g/mol. The molecule has 0 saturated heterocycles. The molecule has 0 aliphatic carbocycles. The lowest BCUT2D eigenvalue weighted by atomic mass is 9.87. The highest BCUT2D eigenvalue weighted by Crippen LogP contribution is 2.19. The van der Waals surface area contributed by atoms with Crippen molar-refractivity contribution >= 4 is 17.9 Å². The molecule has 1 atom stereocenters. The minimum atomic E-state index is -0.245. The van der Waals surface area contributed by atoms with Crippen LogP contribution in [-0.2, 0) is 14.4 Å². The van der Waals surface area contributed by atoms with E-state index in [9.17, 15) is 14.4 Å². The van der Waals surface area contributed by atoms with E-state index in [4.69, 9.17) is 0 Å². The molecule has 0 bridgehead atoms. The Morgan fingerprint density at radius 1 is 0.950 bits per heavy atom. The zero-order valence-corrected chi connectivity index (χ0v) is 13.5. The summed E-state index contributed by atoms with van der Waals surface area (Å²) >= 11 is 0. The lowest BCUT2D eigenvalue weighted by Crippen LogP contribution is -2.19. The van der Waals surface area contributed by atoms with E-state index in [0.717, 1.165) is 38.4 Å². The molecule has 0 saturated carbocycles. The third kappa shape index (κ3) is 9.88. The molecule has 0 aromatic rings. The van der Waals surface area contributed by atoms with Crippen LogP contribution < -0.4 is 0 Å². The zero-order chi connectivity index (χ0) is 15.6. The number of carbonyl (C=O) groups excluding carboxylic acids is 3. The van der Waals surface area contributed by atoms with Gasteiger partial charge in [-0.1, -0.05) is 34.1 Å². The Balaban J connectivity index is 3.53. The van der Waals surface area contributed by atoms with Crippen LogP contribution in [0.5, 0.6) is 0 Å². The third-order valence-corrected chi connectivity index (χ3v) is 3.54. The number of unbranched alkanes of at least 4 members (excludes halogenated alkanes) is 2. The van der Waals surface area contributed by atoms with Gasteiger partial charge in [0.25, 0.3) is 0 Å². The molecule has 0 spiro atoms. The van der Waals surface area contributed by atoms with Crippen molar-refractivity contribution in [1.82, 2.24) is 0 Å². The maximum absolute atomic E-state index is 11.7. The molecule has 0 aliphatic rings. The summed E-state index contributed by atoms with van der Waals surface area (Å²) in [5, 5.41) is 0. The molecule has 1 unspecified atom stereocenters. The highest BCUT2D eigenvalue weighted by atomic mass is 16.1. The first-order valence-electron chi connectivity index (χ1n) is 7.77. The number of ketones is 2. The van der Waals surface area contributed by atoms with Crippen LogP contribution in [0.3, 0.4) is 0 Å². The summed E-state index contributed by atoms with van der Waals surface area (Å²) in [7, 11) is 0. The molecule has 0 aromatic heterocycles. The van der Waals surface area contributed by atoms with Crippen molar-refractivity contribution in [1.29, 1.82) is 0 Å². The Kier molecular flexibility index (Phi) is 9.35. The van der Waals surface area contributed by atoms with E-state index in [0.29, 0.717) is 25.0 Å². The van der Waals surface area contributed by atoms with Crippen molar-refractivity contribution in [2.45, 2.75) is 79.1 Å². The van der Waals surface area contributed by atoms with Gasteiger partial charge in [0.2, 0.25) is 0 Å². The number of Topliss-reactive ketones (excluding diaryl/α,β-unsaturated/α-hetero) is 2. The predicted molar refractivity (Wildman–Crippen MR) is 81.6 cm³/mol. The Bertz CT molecular complexity index is 313. The van der Waals surface area contributed by atoms with E-state index < -0.39 is 0 Å². The molecule has 0 aromatic carbocycles. The average molecular weight is 282 g/mol.